The third kappa shape index (κ3) is 5.87. The number of rotatable bonds is 7. The highest BCUT2D eigenvalue weighted by Crippen LogP contribution is 2.30. The van der Waals surface area contributed by atoms with E-state index < -0.39 is 16.1 Å². The van der Waals surface area contributed by atoms with Gasteiger partial charge in [-0.3, -0.25) is 5.41 Å². The predicted octanol–water partition coefficient (Wildman–Crippen LogP) is 4.72. The highest BCUT2D eigenvalue weighted by atomic mass is 32.2. The lowest BCUT2D eigenvalue weighted by Gasteiger charge is -2.14. The van der Waals surface area contributed by atoms with Crippen LogP contribution in [0, 0.1) is 5.41 Å². The van der Waals surface area contributed by atoms with Gasteiger partial charge in [0, 0.05) is 16.8 Å². The average molecular weight is 502 g/mol. The Morgan fingerprint density at radius 1 is 0.833 bits per heavy atom. The topological polar surface area (TPSA) is 160 Å². The monoisotopic (exact) mass is 501 g/mol. The summed E-state index contributed by atoms with van der Waals surface area (Å²) in [6.07, 6.45) is 0. The summed E-state index contributed by atoms with van der Waals surface area (Å²) in [6.45, 7) is 0. The van der Waals surface area contributed by atoms with Crippen LogP contribution in [-0.4, -0.2) is 20.3 Å². The fourth-order valence-electron chi connectivity index (χ4n) is 3.48. The summed E-state index contributed by atoms with van der Waals surface area (Å²) in [5.41, 5.74) is 8.10. The Bertz CT molecular complexity index is 1540. The van der Waals surface area contributed by atoms with Gasteiger partial charge in [-0.05, 0) is 48.0 Å². The lowest BCUT2D eigenvalue weighted by Crippen LogP contribution is -2.19. The smallest absolute Gasteiger partial charge is 0.323 e. The summed E-state index contributed by atoms with van der Waals surface area (Å²) in [7, 11) is -3.89. The zero-order chi connectivity index (χ0) is 25.7. The van der Waals surface area contributed by atoms with Crippen molar-refractivity contribution in [3.05, 3.63) is 103 Å². The fourth-order valence-corrected chi connectivity index (χ4v) is 4.24. The highest BCUT2D eigenvalue weighted by Gasteiger charge is 2.15. The standard InChI is InChI=1S/C26H23N5O4S/c27-25(28)18-6-5-7-20(16-18)35-23-10-3-2-9-22(23)31-26(32)30-19-14-12-17(13-15-19)21-8-1-4-11-24(21)36(29,33)34/h1-16H,(H3,27,28)(H2,29,33,34)(H2,30,31,32). The predicted molar refractivity (Wildman–Crippen MR) is 140 cm³/mol. The third-order valence-corrected chi connectivity index (χ3v) is 6.12. The number of nitrogens with two attached hydrogens (primary N) is 2. The maximum atomic E-state index is 12.7. The quantitative estimate of drug-likeness (QED) is 0.183. The number of carbonyl (C=O) groups is 1. The number of sulfonamides is 1. The Morgan fingerprint density at radius 3 is 2.25 bits per heavy atom. The van der Waals surface area contributed by atoms with E-state index in [0.717, 1.165) is 0 Å². The van der Waals surface area contributed by atoms with Crippen LogP contribution < -0.4 is 26.2 Å². The van der Waals surface area contributed by atoms with Gasteiger partial charge in [-0.2, -0.15) is 0 Å². The van der Waals surface area contributed by atoms with Crippen LogP contribution in [0.5, 0.6) is 11.5 Å². The fraction of sp³-hybridized carbons (Fsp3) is 0. The van der Waals surface area contributed by atoms with E-state index in [0.29, 0.717) is 39.6 Å². The van der Waals surface area contributed by atoms with Gasteiger partial charge in [-0.25, -0.2) is 18.4 Å². The molecule has 0 aliphatic rings. The van der Waals surface area contributed by atoms with E-state index in [9.17, 15) is 13.2 Å². The van der Waals surface area contributed by atoms with Gasteiger partial charge in [0.2, 0.25) is 10.0 Å². The summed E-state index contributed by atoms with van der Waals surface area (Å²) in [5.74, 6) is 0.793. The molecule has 4 aromatic carbocycles. The molecule has 0 aliphatic heterocycles. The van der Waals surface area contributed by atoms with Gasteiger partial charge in [0.05, 0.1) is 10.6 Å². The molecule has 0 aliphatic carbocycles. The Morgan fingerprint density at radius 2 is 1.53 bits per heavy atom. The van der Waals surface area contributed by atoms with Crippen LogP contribution in [0.2, 0.25) is 0 Å². The molecule has 4 rings (SSSR count). The van der Waals surface area contributed by atoms with Gasteiger partial charge in [0.25, 0.3) is 0 Å². The average Bonchev–Trinajstić information content (AvgIpc) is 2.85. The number of amidine groups is 1. The number of anilines is 2. The maximum Gasteiger partial charge on any atom is 0.323 e. The lowest BCUT2D eigenvalue weighted by molar-refractivity contribution is 0.262. The molecule has 7 N–H and O–H groups in total. The van der Waals surface area contributed by atoms with Crippen molar-refractivity contribution in [3.63, 3.8) is 0 Å². The third-order valence-electron chi connectivity index (χ3n) is 5.16. The van der Waals surface area contributed by atoms with Crippen LogP contribution in [0.25, 0.3) is 11.1 Å². The van der Waals surface area contributed by atoms with E-state index >= 15 is 0 Å². The van der Waals surface area contributed by atoms with E-state index in [2.05, 4.69) is 10.6 Å². The number of hydrogen-bond donors (Lipinski definition) is 5. The van der Waals surface area contributed by atoms with Crippen molar-refractivity contribution < 1.29 is 17.9 Å². The lowest BCUT2D eigenvalue weighted by atomic mass is 10.1. The maximum absolute atomic E-state index is 12.7. The first-order chi connectivity index (χ1) is 17.2. The molecule has 0 spiro atoms. The molecule has 0 saturated carbocycles. The van der Waals surface area contributed by atoms with Crippen LogP contribution in [0.4, 0.5) is 16.2 Å². The molecule has 0 heterocycles. The number of amides is 2. The molecule has 0 aromatic heterocycles. The Balaban J connectivity index is 1.47. The zero-order valence-electron chi connectivity index (χ0n) is 18.9. The molecule has 4 aromatic rings. The van der Waals surface area contributed by atoms with Crippen molar-refractivity contribution >= 4 is 33.3 Å². The van der Waals surface area contributed by atoms with Crippen molar-refractivity contribution in [3.8, 4) is 22.6 Å². The number of nitrogen functional groups attached to an aromatic ring is 1. The first-order valence-corrected chi connectivity index (χ1v) is 12.3. The van der Waals surface area contributed by atoms with E-state index in [4.69, 9.17) is 21.0 Å². The Hall–Kier alpha value is -4.67. The first-order valence-electron chi connectivity index (χ1n) is 10.7. The summed E-state index contributed by atoms with van der Waals surface area (Å²) in [5, 5.41) is 18.4. The second-order valence-corrected chi connectivity index (χ2v) is 9.27. The number of carbonyl (C=O) groups excluding carboxylic acids is 1. The number of benzene rings is 4. The molecular formula is C26H23N5O4S. The van der Waals surface area contributed by atoms with Gasteiger partial charge in [-0.15, -0.1) is 0 Å². The SMILES string of the molecule is N=C(N)c1cccc(Oc2ccccc2NC(=O)Nc2ccc(-c3ccccc3S(N)(=O)=O)cc2)c1. The van der Waals surface area contributed by atoms with E-state index in [1.54, 1.807) is 91.0 Å². The largest absolute Gasteiger partial charge is 0.455 e. The number of ether oxygens (including phenoxy) is 1. The van der Waals surface area contributed by atoms with Crippen molar-refractivity contribution in [1.29, 1.82) is 5.41 Å². The molecule has 0 bridgehead atoms. The number of nitrogens with one attached hydrogen (secondary N) is 3. The van der Waals surface area contributed by atoms with Crippen molar-refractivity contribution in [2.75, 3.05) is 10.6 Å². The van der Waals surface area contributed by atoms with Crippen LogP contribution >= 0.6 is 0 Å². The minimum atomic E-state index is -3.89. The summed E-state index contributed by atoms with van der Waals surface area (Å²) in [4.78, 5) is 12.7. The summed E-state index contributed by atoms with van der Waals surface area (Å²) >= 11 is 0. The van der Waals surface area contributed by atoms with Gasteiger partial charge in [-0.1, -0.05) is 54.6 Å². The Kier molecular flexibility index (Phi) is 7.00. The number of para-hydroxylation sites is 2. The molecule has 0 fully saturated rings. The molecule has 36 heavy (non-hydrogen) atoms. The van der Waals surface area contributed by atoms with Gasteiger partial charge in [0.15, 0.2) is 5.75 Å². The number of hydrogen-bond acceptors (Lipinski definition) is 5. The molecule has 2 amide bonds. The molecule has 10 heteroatoms. The molecule has 0 atom stereocenters. The molecule has 0 unspecified atom stereocenters. The van der Waals surface area contributed by atoms with Crippen LogP contribution in [0.3, 0.4) is 0 Å². The summed E-state index contributed by atoms with van der Waals surface area (Å²) in [6, 6.07) is 26.3. The molecule has 0 saturated heterocycles. The zero-order valence-corrected chi connectivity index (χ0v) is 19.8. The number of urea groups is 1. The van der Waals surface area contributed by atoms with Crippen LogP contribution in [-0.2, 0) is 10.0 Å². The van der Waals surface area contributed by atoms with Gasteiger partial charge >= 0.3 is 6.03 Å². The summed E-state index contributed by atoms with van der Waals surface area (Å²) < 4.78 is 29.7. The molecule has 182 valence electrons. The van der Waals surface area contributed by atoms with Gasteiger partial charge in [0.1, 0.15) is 11.6 Å². The first kappa shape index (κ1) is 24.5. The van der Waals surface area contributed by atoms with Crippen LogP contribution in [0.15, 0.2) is 102 Å². The second-order valence-electron chi connectivity index (χ2n) is 7.74. The van der Waals surface area contributed by atoms with Crippen molar-refractivity contribution in [2.24, 2.45) is 10.9 Å². The minimum absolute atomic E-state index is 0.0221. The number of primary sulfonamides is 1. The van der Waals surface area contributed by atoms with E-state index in [-0.39, 0.29) is 10.7 Å². The molecular weight excluding hydrogens is 478 g/mol. The molecule has 0 radical (unpaired) electrons. The van der Waals surface area contributed by atoms with Crippen LogP contribution in [0.1, 0.15) is 5.56 Å². The van der Waals surface area contributed by atoms with Gasteiger partial charge < -0.3 is 21.1 Å². The molecule has 9 nitrogen and oxygen atoms in total. The highest BCUT2D eigenvalue weighted by molar-refractivity contribution is 7.89. The van der Waals surface area contributed by atoms with E-state index in [1.807, 2.05) is 0 Å². The van der Waals surface area contributed by atoms with Crippen molar-refractivity contribution in [2.45, 2.75) is 4.90 Å². The minimum Gasteiger partial charge on any atom is -0.455 e. The van der Waals surface area contributed by atoms with E-state index in [1.165, 1.54) is 6.07 Å². The normalized spacial score (nSPS) is 10.9. The second kappa shape index (κ2) is 10.3. The van der Waals surface area contributed by atoms with Crippen molar-refractivity contribution in [1.82, 2.24) is 0 Å². The Labute approximate surface area is 208 Å².